The van der Waals surface area contributed by atoms with Gasteiger partial charge in [0.25, 0.3) is 5.91 Å². The number of hydrogen-bond acceptors (Lipinski definition) is 6. The van der Waals surface area contributed by atoms with Gasteiger partial charge in [-0.3, -0.25) is 9.59 Å². The summed E-state index contributed by atoms with van der Waals surface area (Å²) in [6.45, 7) is 1.51. The van der Waals surface area contributed by atoms with Crippen molar-refractivity contribution < 1.29 is 14.7 Å². The maximum absolute atomic E-state index is 13.0. The number of hydrogen-bond donors (Lipinski definition) is 3. The van der Waals surface area contributed by atoms with Crippen molar-refractivity contribution in [2.45, 2.75) is 25.7 Å². The quantitative estimate of drug-likeness (QED) is 0.542. The van der Waals surface area contributed by atoms with E-state index >= 15 is 0 Å². The molecule has 0 saturated carbocycles. The van der Waals surface area contributed by atoms with Gasteiger partial charge >= 0.3 is 5.97 Å². The van der Waals surface area contributed by atoms with Crippen LogP contribution < -0.4 is 15.5 Å². The van der Waals surface area contributed by atoms with Crippen LogP contribution in [0.5, 0.6) is 0 Å². The number of amides is 1. The fourth-order valence-corrected chi connectivity index (χ4v) is 4.58. The van der Waals surface area contributed by atoms with Gasteiger partial charge in [-0.25, -0.2) is 4.98 Å². The Morgan fingerprint density at radius 1 is 1.03 bits per heavy atom. The predicted octanol–water partition coefficient (Wildman–Crippen LogP) is 4.43. The van der Waals surface area contributed by atoms with E-state index in [4.69, 9.17) is 5.11 Å². The zero-order valence-electron chi connectivity index (χ0n) is 16.6. The van der Waals surface area contributed by atoms with E-state index in [1.54, 1.807) is 0 Å². The van der Waals surface area contributed by atoms with E-state index in [-0.39, 0.29) is 12.5 Å². The number of nitrogens with zero attached hydrogens (tertiary/aromatic N) is 2. The third-order valence-corrected chi connectivity index (χ3v) is 6.23. The minimum absolute atomic E-state index is 0.292. The van der Waals surface area contributed by atoms with E-state index in [0.717, 1.165) is 41.8 Å². The zero-order valence-corrected chi connectivity index (χ0v) is 17.4. The zero-order chi connectivity index (χ0) is 20.9. The number of aliphatic carboxylic acids is 1. The normalized spacial score (nSPS) is 14.3. The topological polar surface area (TPSA) is 94.6 Å². The van der Waals surface area contributed by atoms with E-state index in [1.165, 1.54) is 24.2 Å². The van der Waals surface area contributed by atoms with Crippen molar-refractivity contribution >= 4 is 50.6 Å². The first-order valence-corrected chi connectivity index (χ1v) is 10.9. The Bertz CT molecular complexity index is 1060. The molecule has 3 aromatic rings. The second-order valence-electron chi connectivity index (χ2n) is 7.34. The summed E-state index contributed by atoms with van der Waals surface area (Å²) in [5, 5.41) is 17.7. The number of benzene rings is 2. The Hall–Kier alpha value is -3.13. The first kappa shape index (κ1) is 20.2. The lowest BCUT2D eigenvalue weighted by molar-refractivity contribution is -0.134. The molecular weight excluding hydrogens is 400 g/mol. The largest absolute Gasteiger partial charge is 0.480 e. The van der Waals surface area contributed by atoms with Crippen LogP contribution in [-0.2, 0) is 4.79 Å². The molecule has 0 spiro atoms. The van der Waals surface area contributed by atoms with Crippen molar-refractivity contribution in [3.63, 3.8) is 0 Å². The van der Waals surface area contributed by atoms with Crippen LogP contribution in [0.3, 0.4) is 0 Å². The number of carbonyl (C=O) groups is 2. The highest BCUT2D eigenvalue weighted by Crippen LogP contribution is 2.32. The number of rotatable bonds is 6. The lowest BCUT2D eigenvalue weighted by Gasteiger charge is -2.18. The monoisotopic (exact) mass is 424 g/mol. The molecule has 2 heterocycles. The molecule has 0 radical (unpaired) electrons. The molecule has 156 valence electrons. The number of aromatic nitrogens is 1. The van der Waals surface area contributed by atoms with Gasteiger partial charge in [-0.15, -0.1) is 0 Å². The molecule has 1 fully saturated rings. The highest BCUT2D eigenvalue weighted by Gasteiger charge is 2.22. The SMILES string of the molecule is O=C(O)CNc1nc(N2CCCCCC2)sc1C(=O)Nc1ccc2ccccc2c1. The van der Waals surface area contributed by atoms with Crippen LogP contribution in [0.4, 0.5) is 16.6 Å². The maximum Gasteiger partial charge on any atom is 0.322 e. The molecule has 1 saturated heterocycles. The fourth-order valence-electron chi connectivity index (χ4n) is 3.59. The Kier molecular flexibility index (Phi) is 6.13. The van der Waals surface area contributed by atoms with Crippen molar-refractivity contribution in [1.82, 2.24) is 4.98 Å². The molecule has 8 heteroatoms. The summed E-state index contributed by atoms with van der Waals surface area (Å²) >= 11 is 1.31. The number of carboxylic acid groups (broad SMARTS) is 1. The summed E-state index contributed by atoms with van der Waals surface area (Å²) in [4.78, 5) is 31.2. The summed E-state index contributed by atoms with van der Waals surface area (Å²) in [5.41, 5.74) is 0.688. The van der Waals surface area contributed by atoms with Crippen molar-refractivity contribution in [2.75, 3.05) is 35.2 Å². The number of carboxylic acids is 1. The highest BCUT2D eigenvalue weighted by molar-refractivity contribution is 7.18. The maximum atomic E-state index is 13.0. The smallest absolute Gasteiger partial charge is 0.322 e. The summed E-state index contributed by atoms with van der Waals surface area (Å²) in [6.07, 6.45) is 4.58. The molecule has 30 heavy (non-hydrogen) atoms. The van der Waals surface area contributed by atoms with Crippen LogP contribution in [0.1, 0.15) is 35.4 Å². The molecular formula is C22H24N4O3S. The van der Waals surface area contributed by atoms with Crippen molar-refractivity contribution in [3.8, 4) is 0 Å². The van der Waals surface area contributed by atoms with Crippen molar-refractivity contribution in [3.05, 3.63) is 47.3 Å². The van der Waals surface area contributed by atoms with Gasteiger partial charge in [-0.1, -0.05) is 54.5 Å². The molecule has 0 bridgehead atoms. The lowest BCUT2D eigenvalue weighted by atomic mass is 10.1. The first-order valence-electron chi connectivity index (χ1n) is 10.1. The molecule has 3 N–H and O–H groups in total. The average molecular weight is 425 g/mol. The number of nitrogens with one attached hydrogen (secondary N) is 2. The van der Waals surface area contributed by atoms with Gasteiger partial charge in [-0.2, -0.15) is 0 Å². The van der Waals surface area contributed by atoms with Gasteiger partial charge in [0.05, 0.1) is 0 Å². The Morgan fingerprint density at radius 3 is 2.50 bits per heavy atom. The molecule has 1 aliphatic heterocycles. The molecule has 0 aliphatic carbocycles. The summed E-state index contributed by atoms with van der Waals surface area (Å²) in [7, 11) is 0. The fraction of sp³-hybridized carbons (Fsp3) is 0.318. The van der Waals surface area contributed by atoms with Gasteiger partial charge in [0.2, 0.25) is 0 Å². The van der Waals surface area contributed by atoms with Gasteiger partial charge in [-0.05, 0) is 35.7 Å². The molecule has 1 aromatic heterocycles. The standard InChI is InChI=1S/C22H24N4O3S/c27-18(28)14-23-20-19(30-22(25-20)26-11-5-1-2-6-12-26)21(29)24-17-10-9-15-7-3-4-8-16(15)13-17/h3-4,7-10,13,23H,1-2,5-6,11-12,14H2,(H,24,29)(H,27,28). The molecule has 0 atom stereocenters. The van der Waals surface area contributed by atoms with Crippen LogP contribution in [-0.4, -0.2) is 41.6 Å². The molecule has 1 aliphatic rings. The highest BCUT2D eigenvalue weighted by atomic mass is 32.1. The van der Waals surface area contributed by atoms with Gasteiger partial charge in [0.1, 0.15) is 11.4 Å². The van der Waals surface area contributed by atoms with E-state index in [0.29, 0.717) is 16.4 Å². The minimum Gasteiger partial charge on any atom is -0.480 e. The van der Waals surface area contributed by atoms with E-state index in [1.807, 2.05) is 42.5 Å². The second-order valence-corrected chi connectivity index (χ2v) is 8.32. The molecule has 0 unspecified atom stereocenters. The number of fused-ring (bicyclic) bond motifs is 1. The molecule has 7 nitrogen and oxygen atoms in total. The summed E-state index contributed by atoms with van der Waals surface area (Å²) in [5.74, 6) is -0.975. The molecule has 1 amide bonds. The second kappa shape index (κ2) is 9.13. The number of anilines is 3. The Morgan fingerprint density at radius 2 is 1.77 bits per heavy atom. The van der Waals surface area contributed by atoms with Crippen LogP contribution >= 0.6 is 11.3 Å². The van der Waals surface area contributed by atoms with Gasteiger partial charge in [0.15, 0.2) is 10.9 Å². The average Bonchev–Trinajstić information content (AvgIpc) is 2.98. The van der Waals surface area contributed by atoms with Crippen LogP contribution in [0, 0.1) is 0 Å². The summed E-state index contributed by atoms with van der Waals surface area (Å²) in [6, 6.07) is 13.7. The minimum atomic E-state index is -1.000. The van der Waals surface area contributed by atoms with E-state index in [9.17, 15) is 9.59 Å². The molecule has 4 rings (SSSR count). The van der Waals surface area contributed by atoms with Crippen LogP contribution in [0.2, 0.25) is 0 Å². The predicted molar refractivity (Wildman–Crippen MR) is 121 cm³/mol. The van der Waals surface area contributed by atoms with Crippen molar-refractivity contribution in [2.24, 2.45) is 0 Å². The van der Waals surface area contributed by atoms with Crippen molar-refractivity contribution in [1.29, 1.82) is 0 Å². The molecule has 2 aromatic carbocycles. The Balaban J connectivity index is 1.59. The van der Waals surface area contributed by atoms with E-state index in [2.05, 4.69) is 20.5 Å². The van der Waals surface area contributed by atoms with E-state index < -0.39 is 5.97 Å². The number of thiazole rings is 1. The first-order chi connectivity index (χ1) is 14.6. The van der Waals surface area contributed by atoms with Crippen LogP contribution in [0.15, 0.2) is 42.5 Å². The number of carbonyl (C=O) groups excluding carboxylic acids is 1. The van der Waals surface area contributed by atoms with Gasteiger partial charge in [0, 0.05) is 18.8 Å². The third kappa shape index (κ3) is 4.71. The Labute approximate surface area is 178 Å². The summed E-state index contributed by atoms with van der Waals surface area (Å²) < 4.78 is 0. The third-order valence-electron chi connectivity index (χ3n) is 5.11. The van der Waals surface area contributed by atoms with Crippen LogP contribution in [0.25, 0.3) is 10.8 Å². The lowest BCUT2D eigenvalue weighted by Crippen LogP contribution is -2.23. The van der Waals surface area contributed by atoms with Gasteiger partial charge < -0.3 is 20.6 Å².